The molecule has 2 aromatic carbocycles. The number of thioether (sulfide) groups is 1. The summed E-state index contributed by atoms with van der Waals surface area (Å²) in [5.74, 6) is -0.216. The van der Waals surface area contributed by atoms with E-state index in [2.05, 4.69) is 15.3 Å². The second kappa shape index (κ2) is 8.14. The number of nitrogens with one attached hydrogen (secondary N) is 1. The third-order valence-corrected chi connectivity index (χ3v) is 4.38. The first-order valence-corrected chi connectivity index (χ1v) is 9.27. The highest BCUT2D eigenvalue weighted by molar-refractivity contribution is 7.98. The van der Waals surface area contributed by atoms with Gasteiger partial charge in [-0.15, -0.1) is 0 Å². The molecule has 0 aliphatic carbocycles. The Bertz CT molecular complexity index is 887. The first-order valence-electron chi connectivity index (χ1n) is 7.66. The van der Waals surface area contributed by atoms with Gasteiger partial charge in [0, 0.05) is 23.3 Å². The van der Waals surface area contributed by atoms with E-state index in [1.165, 1.54) is 11.8 Å². The molecule has 1 amide bonds. The summed E-state index contributed by atoms with van der Waals surface area (Å²) in [6, 6.07) is 17.0. The molecule has 6 heteroatoms. The molecule has 25 heavy (non-hydrogen) atoms. The van der Waals surface area contributed by atoms with Gasteiger partial charge in [0.15, 0.2) is 5.16 Å². The molecule has 0 aliphatic rings. The maximum absolute atomic E-state index is 12.7. The SMILES string of the molecule is CSc1ncc(C(=O)NCc2cccc(Cl)c2)c(-c2ccccc2)n1. The lowest BCUT2D eigenvalue weighted by atomic mass is 10.1. The minimum atomic E-state index is -0.216. The van der Waals surface area contributed by atoms with Crippen LogP contribution in [0.5, 0.6) is 0 Å². The number of amides is 1. The summed E-state index contributed by atoms with van der Waals surface area (Å²) in [5.41, 5.74) is 2.89. The van der Waals surface area contributed by atoms with E-state index >= 15 is 0 Å². The molecule has 0 fully saturated rings. The minimum Gasteiger partial charge on any atom is -0.348 e. The number of carbonyl (C=O) groups excluding carboxylic acids is 1. The van der Waals surface area contributed by atoms with Crippen LogP contribution in [0.4, 0.5) is 0 Å². The minimum absolute atomic E-state index is 0.216. The molecule has 3 aromatic rings. The van der Waals surface area contributed by atoms with Gasteiger partial charge in [0.05, 0.1) is 11.3 Å². The number of hydrogen-bond donors (Lipinski definition) is 1. The van der Waals surface area contributed by atoms with Crippen molar-refractivity contribution in [2.24, 2.45) is 0 Å². The Kier molecular flexibility index (Phi) is 5.68. The van der Waals surface area contributed by atoms with E-state index in [-0.39, 0.29) is 5.91 Å². The molecule has 0 radical (unpaired) electrons. The molecule has 1 aromatic heterocycles. The Hall–Kier alpha value is -2.37. The van der Waals surface area contributed by atoms with Gasteiger partial charge >= 0.3 is 0 Å². The van der Waals surface area contributed by atoms with Gasteiger partial charge in [0.1, 0.15) is 0 Å². The number of carbonyl (C=O) groups is 1. The van der Waals surface area contributed by atoms with Crippen molar-refractivity contribution in [1.82, 2.24) is 15.3 Å². The monoisotopic (exact) mass is 369 g/mol. The van der Waals surface area contributed by atoms with Crippen LogP contribution in [-0.4, -0.2) is 22.1 Å². The molecule has 3 rings (SSSR count). The molecule has 0 aliphatic heterocycles. The summed E-state index contributed by atoms with van der Waals surface area (Å²) in [4.78, 5) is 21.4. The number of aromatic nitrogens is 2. The maximum Gasteiger partial charge on any atom is 0.255 e. The highest BCUT2D eigenvalue weighted by atomic mass is 35.5. The van der Waals surface area contributed by atoms with Crippen molar-refractivity contribution >= 4 is 29.3 Å². The average Bonchev–Trinajstić information content (AvgIpc) is 2.66. The third-order valence-electron chi connectivity index (χ3n) is 3.58. The molecule has 0 atom stereocenters. The van der Waals surface area contributed by atoms with Gasteiger partial charge in [-0.05, 0) is 24.0 Å². The quantitative estimate of drug-likeness (QED) is 0.533. The Balaban J connectivity index is 1.87. The standard InChI is InChI=1S/C19H16ClN3OS/c1-25-19-22-12-16(17(23-19)14-7-3-2-4-8-14)18(24)21-11-13-6-5-9-15(20)10-13/h2-10,12H,11H2,1H3,(H,21,24). The van der Waals surface area contributed by atoms with Crippen molar-refractivity contribution in [1.29, 1.82) is 0 Å². The van der Waals surface area contributed by atoms with Gasteiger partial charge in [-0.1, -0.05) is 65.8 Å². The molecule has 4 nitrogen and oxygen atoms in total. The normalized spacial score (nSPS) is 10.5. The van der Waals surface area contributed by atoms with Gasteiger partial charge in [0.2, 0.25) is 0 Å². The zero-order valence-electron chi connectivity index (χ0n) is 13.6. The molecular weight excluding hydrogens is 354 g/mol. The van der Waals surface area contributed by atoms with Crippen LogP contribution in [0.25, 0.3) is 11.3 Å². The van der Waals surface area contributed by atoms with Crippen molar-refractivity contribution in [3.63, 3.8) is 0 Å². The van der Waals surface area contributed by atoms with Gasteiger partial charge in [0.25, 0.3) is 5.91 Å². The van der Waals surface area contributed by atoms with E-state index in [0.29, 0.717) is 28.0 Å². The zero-order valence-corrected chi connectivity index (χ0v) is 15.1. The molecule has 1 heterocycles. The number of benzene rings is 2. The fraction of sp³-hybridized carbons (Fsp3) is 0.105. The molecule has 0 saturated heterocycles. The third kappa shape index (κ3) is 4.38. The summed E-state index contributed by atoms with van der Waals surface area (Å²) < 4.78 is 0. The molecule has 0 unspecified atom stereocenters. The first-order chi connectivity index (χ1) is 12.2. The largest absolute Gasteiger partial charge is 0.348 e. The fourth-order valence-corrected chi connectivity index (χ4v) is 2.92. The lowest BCUT2D eigenvalue weighted by Crippen LogP contribution is -2.24. The fourth-order valence-electron chi connectivity index (χ4n) is 2.37. The Morgan fingerprint density at radius 3 is 2.68 bits per heavy atom. The lowest BCUT2D eigenvalue weighted by molar-refractivity contribution is 0.0950. The molecule has 0 spiro atoms. The van der Waals surface area contributed by atoms with E-state index in [9.17, 15) is 4.79 Å². The topological polar surface area (TPSA) is 54.9 Å². The number of rotatable bonds is 5. The van der Waals surface area contributed by atoms with Crippen LogP contribution in [0.3, 0.4) is 0 Å². The molecule has 1 N–H and O–H groups in total. The van der Waals surface area contributed by atoms with Crippen molar-refractivity contribution in [2.45, 2.75) is 11.7 Å². The smallest absolute Gasteiger partial charge is 0.255 e. The predicted molar refractivity (Wildman–Crippen MR) is 102 cm³/mol. The second-order valence-corrected chi connectivity index (χ2v) is 6.51. The van der Waals surface area contributed by atoms with Gasteiger partial charge in [-0.3, -0.25) is 4.79 Å². The molecule has 0 bridgehead atoms. The predicted octanol–water partition coefficient (Wildman–Crippen LogP) is 4.45. The summed E-state index contributed by atoms with van der Waals surface area (Å²) in [5, 5.41) is 4.18. The van der Waals surface area contributed by atoms with Crippen LogP contribution >= 0.6 is 23.4 Å². The van der Waals surface area contributed by atoms with E-state index < -0.39 is 0 Å². The maximum atomic E-state index is 12.7. The summed E-state index contributed by atoms with van der Waals surface area (Å²) in [6.45, 7) is 0.387. The summed E-state index contributed by atoms with van der Waals surface area (Å²) in [7, 11) is 0. The van der Waals surface area contributed by atoms with E-state index in [1.807, 2.05) is 54.8 Å². The highest BCUT2D eigenvalue weighted by Crippen LogP contribution is 2.23. The van der Waals surface area contributed by atoms with Crippen molar-refractivity contribution in [2.75, 3.05) is 6.26 Å². The Morgan fingerprint density at radius 2 is 1.96 bits per heavy atom. The molecule has 0 saturated carbocycles. The van der Waals surface area contributed by atoms with Crippen molar-refractivity contribution in [3.05, 3.63) is 76.9 Å². The lowest BCUT2D eigenvalue weighted by Gasteiger charge is -2.10. The van der Waals surface area contributed by atoms with Gasteiger partial charge in [-0.2, -0.15) is 0 Å². The first kappa shape index (κ1) is 17.5. The summed E-state index contributed by atoms with van der Waals surface area (Å²) in [6.07, 6.45) is 3.48. The van der Waals surface area contributed by atoms with E-state index in [4.69, 9.17) is 11.6 Å². The second-order valence-electron chi connectivity index (χ2n) is 5.30. The Morgan fingerprint density at radius 1 is 1.16 bits per heavy atom. The Labute approximate surface area is 155 Å². The summed E-state index contributed by atoms with van der Waals surface area (Å²) >= 11 is 7.42. The molecule has 126 valence electrons. The van der Waals surface area contributed by atoms with Crippen molar-refractivity contribution in [3.8, 4) is 11.3 Å². The highest BCUT2D eigenvalue weighted by Gasteiger charge is 2.16. The zero-order chi connectivity index (χ0) is 17.6. The van der Waals surface area contributed by atoms with Crippen LogP contribution in [0.2, 0.25) is 5.02 Å². The average molecular weight is 370 g/mol. The number of nitrogens with zero attached hydrogens (tertiary/aromatic N) is 2. The number of halogens is 1. The molecular formula is C19H16ClN3OS. The van der Waals surface area contributed by atoms with Crippen LogP contribution < -0.4 is 5.32 Å². The van der Waals surface area contributed by atoms with Crippen LogP contribution in [0.15, 0.2) is 66.0 Å². The van der Waals surface area contributed by atoms with E-state index in [0.717, 1.165) is 11.1 Å². The van der Waals surface area contributed by atoms with Crippen LogP contribution in [-0.2, 0) is 6.54 Å². The van der Waals surface area contributed by atoms with Crippen LogP contribution in [0, 0.1) is 0 Å². The van der Waals surface area contributed by atoms with Crippen molar-refractivity contribution < 1.29 is 4.79 Å². The number of hydrogen-bond acceptors (Lipinski definition) is 4. The van der Waals surface area contributed by atoms with Crippen LogP contribution in [0.1, 0.15) is 15.9 Å². The van der Waals surface area contributed by atoms with E-state index in [1.54, 1.807) is 12.3 Å². The van der Waals surface area contributed by atoms with Gasteiger partial charge < -0.3 is 5.32 Å². The van der Waals surface area contributed by atoms with Gasteiger partial charge in [-0.25, -0.2) is 9.97 Å².